The Labute approximate surface area is 138 Å². The Balaban J connectivity index is 2.37. The molecule has 6 N–H and O–H groups in total. The number of carbonyl (C=O) groups excluding carboxylic acids is 3. The van der Waals surface area contributed by atoms with E-state index in [2.05, 4.69) is 22.5 Å². The van der Waals surface area contributed by atoms with Crippen molar-refractivity contribution in [2.24, 2.45) is 0 Å². The van der Waals surface area contributed by atoms with Crippen molar-refractivity contribution >= 4 is 17.7 Å². The Morgan fingerprint density at radius 3 is 2.17 bits per heavy atom. The summed E-state index contributed by atoms with van der Waals surface area (Å²) in [6.07, 6.45) is -6.26. The monoisotopic (exact) mass is 345 g/mol. The lowest BCUT2D eigenvalue weighted by Gasteiger charge is -2.39. The van der Waals surface area contributed by atoms with Gasteiger partial charge < -0.3 is 36.0 Å². The van der Waals surface area contributed by atoms with Gasteiger partial charge in [0.25, 0.3) is 0 Å². The fraction of sp³-hybridized carbons (Fsp3) is 0.643. The van der Waals surface area contributed by atoms with Crippen LogP contribution in [0.5, 0.6) is 0 Å². The van der Waals surface area contributed by atoms with Crippen molar-refractivity contribution < 1.29 is 34.4 Å². The topological polar surface area (TPSA) is 157 Å². The van der Waals surface area contributed by atoms with E-state index < -0.39 is 54.9 Å². The molecule has 1 aliphatic rings. The Kier molecular flexibility index (Phi) is 7.29. The number of ether oxygens (including phenoxy) is 1. The molecule has 0 bridgehead atoms. The first kappa shape index (κ1) is 20.0. The number of carbonyl (C=O) groups is 3. The standard InChI is InChI=1S/C14H23N3O7/c1-6(2)13(23)16-4-8(18)15-5-9(19)17-14-12(22)11(21)10(20)7(3)24-14/h7,10-12,14,20-22H,1,4-5H2,2-3H3,(H,15,18)(H,16,23)(H,17,19)/t7-,10+,11+,12-,14?/m0/s1. The highest BCUT2D eigenvalue weighted by molar-refractivity contribution is 5.95. The predicted octanol–water partition coefficient (Wildman–Crippen LogP) is -3.26. The summed E-state index contributed by atoms with van der Waals surface area (Å²) in [7, 11) is 0. The van der Waals surface area contributed by atoms with Crippen LogP contribution in [-0.2, 0) is 19.1 Å². The summed E-state index contributed by atoms with van der Waals surface area (Å²) in [6.45, 7) is 5.65. The number of hydrogen-bond acceptors (Lipinski definition) is 7. The van der Waals surface area contributed by atoms with Gasteiger partial charge in [-0.15, -0.1) is 0 Å². The first-order valence-electron chi connectivity index (χ1n) is 7.33. The van der Waals surface area contributed by atoms with Crippen molar-refractivity contribution in [3.8, 4) is 0 Å². The van der Waals surface area contributed by atoms with Gasteiger partial charge in [-0.3, -0.25) is 14.4 Å². The minimum Gasteiger partial charge on any atom is -0.388 e. The van der Waals surface area contributed by atoms with Crippen LogP contribution < -0.4 is 16.0 Å². The third-order valence-electron chi connectivity index (χ3n) is 3.40. The van der Waals surface area contributed by atoms with Gasteiger partial charge >= 0.3 is 0 Å². The average molecular weight is 345 g/mol. The zero-order valence-electron chi connectivity index (χ0n) is 13.5. The second-order valence-electron chi connectivity index (χ2n) is 5.54. The van der Waals surface area contributed by atoms with E-state index in [1.807, 2.05) is 0 Å². The highest BCUT2D eigenvalue weighted by atomic mass is 16.5. The zero-order chi connectivity index (χ0) is 18.4. The maximum atomic E-state index is 11.7. The second-order valence-corrected chi connectivity index (χ2v) is 5.54. The van der Waals surface area contributed by atoms with Gasteiger partial charge in [0, 0.05) is 5.57 Å². The van der Waals surface area contributed by atoms with Crippen molar-refractivity contribution in [1.29, 1.82) is 0 Å². The fourth-order valence-electron chi connectivity index (χ4n) is 1.93. The smallest absolute Gasteiger partial charge is 0.246 e. The van der Waals surface area contributed by atoms with Gasteiger partial charge in [0.1, 0.15) is 18.3 Å². The Hall–Kier alpha value is -2.01. The van der Waals surface area contributed by atoms with Crippen LogP contribution in [0.4, 0.5) is 0 Å². The van der Waals surface area contributed by atoms with Gasteiger partial charge in [0.05, 0.1) is 19.2 Å². The van der Waals surface area contributed by atoms with E-state index in [1.54, 1.807) is 0 Å². The Morgan fingerprint density at radius 1 is 1.00 bits per heavy atom. The molecule has 1 fully saturated rings. The van der Waals surface area contributed by atoms with Gasteiger partial charge in [-0.05, 0) is 13.8 Å². The van der Waals surface area contributed by atoms with Crippen molar-refractivity contribution in [3.63, 3.8) is 0 Å². The molecule has 3 amide bonds. The molecule has 1 saturated heterocycles. The van der Waals surface area contributed by atoms with E-state index in [1.165, 1.54) is 13.8 Å². The third kappa shape index (κ3) is 5.57. The van der Waals surface area contributed by atoms with Crippen molar-refractivity contribution in [1.82, 2.24) is 16.0 Å². The number of aliphatic hydroxyl groups is 3. The van der Waals surface area contributed by atoms with Crippen LogP contribution in [0, 0.1) is 0 Å². The van der Waals surface area contributed by atoms with Crippen LogP contribution in [0.3, 0.4) is 0 Å². The van der Waals surface area contributed by atoms with Crippen molar-refractivity contribution in [2.75, 3.05) is 13.1 Å². The summed E-state index contributed by atoms with van der Waals surface area (Å²) < 4.78 is 5.19. The molecule has 1 aliphatic heterocycles. The number of aliphatic hydroxyl groups excluding tert-OH is 3. The lowest BCUT2D eigenvalue weighted by molar-refractivity contribution is -0.224. The Morgan fingerprint density at radius 2 is 1.58 bits per heavy atom. The van der Waals surface area contributed by atoms with Gasteiger partial charge in [-0.25, -0.2) is 0 Å². The first-order chi connectivity index (χ1) is 11.1. The van der Waals surface area contributed by atoms with E-state index in [0.29, 0.717) is 0 Å². The molecular formula is C14H23N3O7. The van der Waals surface area contributed by atoms with Crippen molar-refractivity contribution in [2.45, 2.75) is 44.5 Å². The molecule has 5 atom stereocenters. The van der Waals surface area contributed by atoms with Crippen LogP contribution in [0.25, 0.3) is 0 Å². The number of hydrogen-bond donors (Lipinski definition) is 6. The molecule has 10 nitrogen and oxygen atoms in total. The molecule has 0 aromatic rings. The van der Waals surface area contributed by atoms with Crippen molar-refractivity contribution in [3.05, 3.63) is 12.2 Å². The minimum absolute atomic E-state index is 0.249. The summed E-state index contributed by atoms with van der Waals surface area (Å²) in [5.41, 5.74) is 0.249. The number of amides is 3. The highest BCUT2D eigenvalue weighted by Gasteiger charge is 2.42. The molecule has 0 spiro atoms. The average Bonchev–Trinajstić information content (AvgIpc) is 2.53. The molecule has 0 saturated carbocycles. The van der Waals surface area contributed by atoms with E-state index in [-0.39, 0.29) is 12.1 Å². The largest absolute Gasteiger partial charge is 0.388 e. The summed E-state index contributed by atoms with van der Waals surface area (Å²) in [6, 6.07) is 0. The fourth-order valence-corrected chi connectivity index (χ4v) is 1.93. The SMILES string of the molecule is C=C(C)C(=O)NCC(=O)NCC(=O)NC1O[C@@H](C)[C@@H](O)[C@@H](O)[C@@H]1O. The molecule has 24 heavy (non-hydrogen) atoms. The van der Waals surface area contributed by atoms with E-state index in [0.717, 1.165) is 0 Å². The lowest BCUT2D eigenvalue weighted by atomic mass is 9.99. The third-order valence-corrected chi connectivity index (χ3v) is 3.40. The Bertz CT molecular complexity index is 511. The molecule has 0 aromatic carbocycles. The summed E-state index contributed by atoms with van der Waals surface area (Å²) >= 11 is 0. The molecule has 1 heterocycles. The van der Waals surface area contributed by atoms with Crippen LogP contribution in [0.15, 0.2) is 12.2 Å². The quantitative estimate of drug-likeness (QED) is 0.276. The summed E-state index contributed by atoms with van der Waals surface area (Å²) in [4.78, 5) is 34.4. The van der Waals surface area contributed by atoms with Gasteiger partial charge in [-0.2, -0.15) is 0 Å². The molecule has 0 aromatic heterocycles. The molecule has 0 aliphatic carbocycles. The van der Waals surface area contributed by atoms with E-state index in [9.17, 15) is 29.7 Å². The predicted molar refractivity (Wildman–Crippen MR) is 81.3 cm³/mol. The normalized spacial score (nSPS) is 29.5. The number of nitrogens with one attached hydrogen (secondary N) is 3. The van der Waals surface area contributed by atoms with Crippen LogP contribution in [0.1, 0.15) is 13.8 Å². The second kappa shape index (κ2) is 8.73. The molecular weight excluding hydrogens is 322 g/mol. The van der Waals surface area contributed by atoms with Crippen LogP contribution >= 0.6 is 0 Å². The minimum atomic E-state index is -1.51. The lowest BCUT2D eigenvalue weighted by Crippen LogP contribution is -2.62. The molecule has 1 unspecified atom stereocenters. The van der Waals surface area contributed by atoms with Gasteiger partial charge in [0.2, 0.25) is 17.7 Å². The van der Waals surface area contributed by atoms with E-state index in [4.69, 9.17) is 4.74 Å². The summed E-state index contributed by atoms with van der Waals surface area (Å²) in [5.74, 6) is -1.74. The van der Waals surface area contributed by atoms with Crippen LogP contribution in [-0.4, -0.2) is 76.8 Å². The van der Waals surface area contributed by atoms with Crippen LogP contribution in [0.2, 0.25) is 0 Å². The maximum Gasteiger partial charge on any atom is 0.246 e. The molecule has 0 radical (unpaired) electrons. The first-order valence-corrected chi connectivity index (χ1v) is 7.33. The van der Waals surface area contributed by atoms with Gasteiger partial charge in [-0.1, -0.05) is 6.58 Å². The summed E-state index contributed by atoms with van der Waals surface area (Å²) in [5, 5.41) is 35.8. The zero-order valence-corrected chi connectivity index (χ0v) is 13.5. The van der Waals surface area contributed by atoms with E-state index >= 15 is 0 Å². The molecule has 136 valence electrons. The number of rotatable bonds is 6. The highest BCUT2D eigenvalue weighted by Crippen LogP contribution is 2.19. The molecule has 10 heteroatoms. The van der Waals surface area contributed by atoms with Gasteiger partial charge in [0.15, 0.2) is 6.23 Å². The molecule has 1 rings (SSSR count). The maximum absolute atomic E-state index is 11.7.